The SMILES string of the molecule is CCC(C)CC(=O)Nc1ccccc1CN/C(=N/C(C)=C\C=O)NC. The van der Waals surface area contributed by atoms with E-state index in [-0.39, 0.29) is 5.91 Å². The lowest BCUT2D eigenvalue weighted by atomic mass is 10.0. The van der Waals surface area contributed by atoms with E-state index >= 15 is 0 Å². The molecule has 1 unspecified atom stereocenters. The molecular formula is C19H28N4O2. The van der Waals surface area contributed by atoms with Crippen molar-refractivity contribution in [3.63, 3.8) is 0 Å². The number of amides is 1. The van der Waals surface area contributed by atoms with E-state index in [1.807, 2.05) is 24.3 Å². The highest BCUT2D eigenvalue weighted by molar-refractivity contribution is 5.91. The molecule has 3 N–H and O–H groups in total. The summed E-state index contributed by atoms with van der Waals surface area (Å²) in [5, 5.41) is 9.10. The first-order valence-electron chi connectivity index (χ1n) is 8.50. The van der Waals surface area contributed by atoms with Crippen LogP contribution in [0.1, 0.15) is 39.2 Å². The Morgan fingerprint density at radius 3 is 2.68 bits per heavy atom. The highest BCUT2D eigenvalue weighted by Crippen LogP contribution is 2.16. The van der Waals surface area contributed by atoms with Gasteiger partial charge in [0.15, 0.2) is 5.96 Å². The lowest BCUT2D eigenvalue weighted by Crippen LogP contribution is -2.34. The molecule has 0 spiro atoms. The van der Waals surface area contributed by atoms with Crippen LogP contribution >= 0.6 is 0 Å². The molecule has 0 bridgehead atoms. The van der Waals surface area contributed by atoms with Gasteiger partial charge in [-0.15, -0.1) is 0 Å². The second kappa shape index (κ2) is 11.0. The van der Waals surface area contributed by atoms with Crippen LogP contribution in [0.25, 0.3) is 0 Å². The van der Waals surface area contributed by atoms with Gasteiger partial charge in [0.1, 0.15) is 6.29 Å². The minimum atomic E-state index is 0.0223. The summed E-state index contributed by atoms with van der Waals surface area (Å²) in [6, 6.07) is 7.66. The number of nitrogens with one attached hydrogen (secondary N) is 3. The van der Waals surface area contributed by atoms with Gasteiger partial charge in [-0.05, 0) is 30.5 Å². The van der Waals surface area contributed by atoms with Gasteiger partial charge < -0.3 is 16.0 Å². The maximum Gasteiger partial charge on any atom is 0.224 e. The summed E-state index contributed by atoms with van der Waals surface area (Å²) >= 11 is 0. The summed E-state index contributed by atoms with van der Waals surface area (Å²) in [6.45, 7) is 6.39. The number of benzene rings is 1. The van der Waals surface area contributed by atoms with Gasteiger partial charge in [0.05, 0.1) is 0 Å². The van der Waals surface area contributed by atoms with Gasteiger partial charge >= 0.3 is 0 Å². The van der Waals surface area contributed by atoms with Crippen molar-refractivity contribution in [1.29, 1.82) is 0 Å². The minimum absolute atomic E-state index is 0.0223. The zero-order valence-corrected chi connectivity index (χ0v) is 15.4. The highest BCUT2D eigenvalue weighted by Gasteiger charge is 2.10. The summed E-state index contributed by atoms with van der Waals surface area (Å²) in [5.41, 5.74) is 2.35. The molecule has 0 saturated carbocycles. The molecule has 1 aromatic carbocycles. The Morgan fingerprint density at radius 1 is 1.32 bits per heavy atom. The average Bonchev–Trinajstić information content (AvgIpc) is 2.59. The van der Waals surface area contributed by atoms with Gasteiger partial charge in [0, 0.05) is 31.4 Å². The van der Waals surface area contributed by atoms with Crippen molar-refractivity contribution in [1.82, 2.24) is 10.6 Å². The molecule has 25 heavy (non-hydrogen) atoms. The second-order valence-corrected chi connectivity index (χ2v) is 5.93. The molecule has 1 atom stereocenters. The number of para-hydroxylation sites is 1. The first kappa shape index (κ1) is 20.4. The fourth-order valence-corrected chi connectivity index (χ4v) is 2.13. The normalized spacial score (nSPS) is 13.1. The molecule has 0 heterocycles. The zero-order chi connectivity index (χ0) is 18.7. The number of aldehydes is 1. The average molecular weight is 344 g/mol. The molecule has 0 aliphatic carbocycles. The van der Waals surface area contributed by atoms with Crippen molar-refractivity contribution >= 4 is 23.8 Å². The Morgan fingerprint density at radius 2 is 2.04 bits per heavy atom. The highest BCUT2D eigenvalue weighted by atomic mass is 16.1. The summed E-state index contributed by atoms with van der Waals surface area (Å²) in [7, 11) is 1.75. The lowest BCUT2D eigenvalue weighted by Gasteiger charge is -2.15. The predicted molar refractivity (Wildman–Crippen MR) is 102 cm³/mol. The number of anilines is 1. The lowest BCUT2D eigenvalue weighted by molar-refractivity contribution is -0.117. The summed E-state index contributed by atoms with van der Waals surface area (Å²) in [6.07, 6.45) is 3.58. The smallest absolute Gasteiger partial charge is 0.224 e. The van der Waals surface area contributed by atoms with Crippen molar-refractivity contribution in [3.05, 3.63) is 41.6 Å². The Labute approximate surface area is 149 Å². The Kier molecular flexibility index (Phi) is 9.00. The summed E-state index contributed by atoms with van der Waals surface area (Å²) in [5.74, 6) is 0.936. The molecule has 136 valence electrons. The topological polar surface area (TPSA) is 82.6 Å². The van der Waals surface area contributed by atoms with Gasteiger partial charge in [-0.2, -0.15) is 0 Å². The molecule has 6 heteroatoms. The van der Waals surface area contributed by atoms with E-state index in [4.69, 9.17) is 0 Å². The van der Waals surface area contributed by atoms with E-state index in [9.17, 15) is 9.59 Å². The van der Waals surface area contributed by atoms with Crippen molar-refractivity contribution in [2.75, 3.05) is 12.4 Å². The van der Waals surface area contributed by atoms with Crippen LogP contribution in [-0.2, 0) is 16.1 Å². The number of nitrogens with zero attached hydrogens (tertiary/aromatic N) is 1. The van der Waals surface area contributed by atoms with E-state index < -0.39 is 0 Å². The first-order valence-corrected chi connectivity index (χ1v) is 8.50. The van der Waals surface area contributed by atoms with Crippen LogP contribution < -0.4 is 16.0 Å². The number of aliphatic imine (C=N–C) groups is 1. The standard InChI is InChI=1S/C19H28N4O2/c1-5-14(2)12-18(25)23-17-9-7-6-8-16(17)13-21-19(20-4)22-15(3)10-11-24/h6-11,14H,5,12-13H2,1-4H3,(H,23,25)(H2,20,21,22)/b15-10-. The van der Waals surface area contributed by atoms with Crippen molar-refractivity contribution in [2.45, 2.75) is 40.2 Å². The molecule has 6 nitrogen and oxygen atoms in total. The predicted octanol–water partition coefficient (Wildman–Crippen LogP) is 2.83. The molecule has 0 radical (unpaired) electrons. The van der Waals surface area contributed by atoms with Crippen molar-refractivity contribution in [2.24, 2.45) is 10.9 Å². The van der Waals surface area contributed by atoms with Crippen LogP contribution in [0.5, 0.6) is 0 Å². The molecule has 0 aliphatic rings. The van der Waals surface area contributed by atoms with Crippen LogP contribution in [0.3, 0.4) is 0 Å². The van der Waals surface area contributed by atoms with E-state index in [0.29, 0.717) is 36.8 Å². The largest absolute Gasteiger partial charge is 0.359 e. The molecule has 0 aromatic heterocycles. The molecule has 1 amide bonds. The quantitative estimate of drug-likeness (QED) is 0.293. The van der Waals surface area contributed by atoms with E-state index in [0.717, 1.165) is 17.7 Å². The van der Waals surface area contributed by atoms with Gasteiger partial charge in [0.25, 0.3) is 0 Å². The van der Waals surface area contributed by atoms with E-state index in [2.05, 4.69) is 34.8 Å². The number of allylic oxidation sites excluding steroid dienone is 2. The van der Waals surface area contributed by atoms with Gasteiger partial charge in [-0.1, -0.05) is 38.5 Å². The van der Waals surface area contributed by atoms with Gasteiger partial charge in [0.2, 0.25) is 5.91 Å². The van der Waals surface area contributed by atoms with Gasteiger partial charge in [-0.25, -0.2) is 4.99 Å². The number of hydrogen-bond donors (Lipinski definition) is 3. The third-order valence-corrected chi connectivity index (χ3v) is 3.80. The Balaban J connectivity index is 2.78. The summed E-state index contributed by atoms with van der Waals surface area (Å²) < 4.78 is 0. The number of carbonyl (C=O) groups is 2. The number of hydrogen-bond acceptors (Lipinski definition) is 3. The maximum absolute atomic E-state index is 12.1. The molecule has 0 saturated heterocycles. The van der Waals surface area contributed by atoms with E-state index in [1.54, 1.807) is 14.0 Å². The second-order valence-electron chi connectivity index (χ2n) is 5.93. The van der Waals surface area contributed by atoms with Crippen molar-refractivity contribution < 1.29 is 9.59 Å². The number of carbonyl (C=O) groups excluding carboxylic acids is 2. The molecular weight excluding hydrogens is 316 g/mol. The van der Waals surface area contributed by atoms with Crippen LogP contribution in [0, 0.1) is 5.92 Å². The molecule has 1 rings (SSSR count). The van der Waals surface area contributed by atoms with Crippen LogP contribution in [-0.4, -0.2) is 25.2 Å². The number of rotatable bonds is 8. The summed E-state index contributed by atoms with van der Waals surface area (Å²) in [4.78, 5) is 26.9. The minimum Gasteiger partial charge on any atom is -0.359 e. The zero-order valence-electron chi connectivity index (χ0n) is 15.4. The first-order chi connectivity index (χ1) is 12.0. The molecule has 1 aromatic rings. The van der Waals surface area contributed by atoms with Crippen LogP contribution in [0.4, 0.5) is 5.69 Å². The number of guanidine groups is 1. The third-order valence-electron chi connectivity index (χ3n) is 3.80. The van der Waals surface area contributed by atoms with Gasteiger partial charge in [-0.3, -0.25) is 9.59 Å². The van der Waals surface area contributed by atoms with E-state index in [1.165, 1.54) is 6.08 Å². The third kappa shape index (κ3) is 7.65. The van der Waals surface area contributed by atoms with Crippen molar-refractivity contribution in [3.8, 4) is 0 Å². The molecule has 0 aliphatic heterocycles. The molecule has 0 fully saturated rings. The van der Waals surface area contributed by atoms with Crippen LogP contribution in [0.15, 0.2) is 41.0 Å². The Hall–Kier alpha value is -2.63. The van der Waals surface area contributed by atoms with Crippen LogP contribution in [0.2, 0.25) is 0 Å². The fourth-order valence-electron chi connectivity index (χ4n) is 2.13. The monoisotopic (exact) mass is 344 g/mol. The fraction of sp³-hybridized carbons (Fsp3) is 0.421. The maximum atomic E-state index is 12.1. The Bertz CT molecular complexity index is 638.